The SMILES string of the molecule is CC(CN)(NC(=O)C1CC1c1ccc(Cl)cc1Cl)C1CC1.Cl. The van der Waals surface area contributed by atoms with Gasteiger partial charge in [0.15, 0.2) is 0 Å². The minimum absolute atomic E-state index is 0. The van der Waals surface area contributed by atoms with Crippen molar-refractivity contribution in [3.8, 4) is 0 Å². The molecule has 0 spiro atoms. The molecule has 3 atom stereocenters. The number of halogens is 3. The van der Waals surface area contributed by atoms with Gasteiger partial charge in [-0.3, -0.25) is 4.79 Å². The number of hydrogen-bond donors (Lipinski definition) is 2. The van der Waals surface area contributed by atoms with Crippen LogP contribution in [0.2, 0.25) is 10.0 Å². The van der Waals surface area contributed by atoms with Crippen molar-refractivity contribution in [2.75, 3.05) is 6.54 Å². The van der Waals surface area contributed by atoms with Gasteiger partial charge in [0.1, 0.15) is 0 Å². The first-order valence-electron chi connectivity index (χ1n) is 7.41. The maximum absolute atomic E-state index is 12.4. The minimum atomic E-state index is -0.256. The van der Waals surface area contributed by atoms with Crippen molar-refractivity contribution in [2.24, 2.45) is 17.6 Å². The molecular formula is C16H21Cl3N2O. The van der Waals surface area contributed by atoms with Crippen molar-refractivity contribution in [3.63, 3.8) is 0 Å². The summed E-state index contributed by atoms with van der Waals surface area (Å²) in [6.45, 7) is 2.54. The zero-order valence-corrected chi connectivity index (χ0v) is 14.8. The molecule has 2 aliphatic rings. The van der Waals surface area contributed by atoms with Gasteiger partial charge in [0.2, 0.25) is 5.91 Å². The number of benzene rings is 1. The van der Waals surface area contributed by atoms with Gasteiger partial charge in [-0.25, -0.2) is 0 Å². The van der Waals surface area contributed by atoms with E-state index in [0.29, 0.717) is 22.5 Å². The Morgan fingerprint density at radius 2 is 2.09 bits per heavy atom. The zero-order chi connectivity index (χ0) is 15.2. The molecule has 1 aromatic rings. The summed E-state index contributed by atoms with van der Waals surface area (Å²) in [7, 11) is 0. The van der Waals surface area contributed by atoms with Crippen LogP contribution in [-0.4, -0.2) is 18.0 Å². The molecule has 0 aromatic heterocycles. The first kappa shape index (κ1) is 17.9. The summed E-state index contributed by atoms with van der Waals surface area (Å²) >= 11 is 12.1. The Labute approximate surface area is 147 Å². The van der Waals surface area contributed by atoms with Crippen molar-refractivity contribution in [1.82, 2.24) is 5.32 Å². The molecule has 2 saturated carbocycles. The van der Waals surface area contributed by atoms with Crippen LogP contribution >= 0.6 is 35.6 Å². The molecule has 3 N–H and O–H groups in total. The van der Waals surface area contributed by atoms with E-state index in [0.717, 1.165) is 24.8 Å². The van der Waals surface area contributed by atoms with E-state index in [4.69, 9.17) is 28.9 Å². The number of amides is 1. The number of rotatable bonds is 5. The molecule has 0 saturated heterocycles. The maximum atomic E-state index is 12.4. The highest BCUT2D eigenvalue weighted by atomic mass is 35.5. The number of nitrogens with two attached hydrogens (primary N) is 1. The summed E-state index contributed by atoms with van der Waals surface area (Å²) in [6.07, 6.45) is 3.16. The van der Waals surface area contributed by atoms with E-state index in [1.807, 2.05) is 12.1 Å². The highest BCUT2D eigenvalue weighted by Crippen LogP contribution is 2.50. The Balaban J connectivity index is 0.00000176. The van der Waals surface area contributed by atoms with Crippen molar-refractivity contribution < 1.29 is 4.79 Å². The van der Waals surface area contributed by atoms with Gasteiger partial charge < -0.3 is 11.1 Å². The lowest BCUT2D eigenvalue weighted by Gasteiger charge is -2.29. The predicted octanol–water partition coefficient (Wildman–Crippen LogP) is 3.76. The van der Waals surface area contributed by atoms with Gasteiger partial charge in [0.05, 0.1) is 5.54 Å². The summed E-state index contributed by atoms with van der Waals surface area (Å²) in [5, 5.41) is 4.43. The molecule has 3 nitrogen and oxygen atoms in total. The first-order valence-corrected chi connectivity index (χ1v) is 8.17. The fourth-order valence-corrected chi connectivity index (χ4v) is 3.59. The highest BCUT2D eigenvalue weighted by Gasteiger charge is 2.48. The number of carbonyl (C=O) groups excluding carboxylic acids is 1. The monoisotopic (exact) mass is 362 g/mol. The lowest BCUT2D eigenvalue weighted by atomic mass is 9.95. The largest absolute Gasteiger partial charge is 0.349 e. The third-order valence-corrected chi connectivity index (χ3v) is 5.36. The molecule has 1 amide bonds. The number of nitrogens with one attached hydrogen (secondary N) is 1. The van der Waals surface area contributed by atoms with E-state index in [1.165, 1.54) is 0 Å². The van der Waals surface area contributed by atoms with Gasteiger partial charge in [0, 0.05) is 22.5 Å². The molecular weight excluding hydrogens is 343 g/mol. The van der Waals surface area contributed by atoms with E-state index in [9.17, 15) is 4.79 Å². The lowest BCUT2D eigenvalue weighted by molar-refractivity contribution is -0.124. The van der Waals surface area contributed by atoms with Crippen LogP contribution in [0.4, 0.5) is 0 Å². The van der Waals surface area contributed by atoms with Crippen LogP contribution in [0.25, 0.3) is 0 Å². The molecule has 122 valence electrons. The maximum Gasteiger partial charge on any atom is 0.224 e. The van der Waals surface area contributed by atoms with Gasteiger partial charge in [-0.05, 0) is 55.7 Å². The fraction of sp³-hybridized carbons (Fsp3) is 0.562. The quantitative estimate of drug-likeness (QED) is 0.837. The van der Waals surface area contributed by atoms with Crippen LogP contribution in [-0.2, 0) is 4.79 Å². The molecule has 0 radical (unpaired) electrons. The smallest absolute Gasteiger partial charge is 0.224 e. The average molecular weight is 364 g/mol. The van der Waals surface area contributed by atoms with Crippen molar-refractivity contribution in [1.29, 1.82) is 0 Å². The third-order valence-electron chi connectivity index (χ3n) is 4.80. The van der Waals surface area contributed by atoms with Gasteiger partial charge in [-0.1, -0.05) is 29.3 Å². The summed E-state index contributed by atoms with van der Waals surface area (Å²) < 4.78 is 0. The molecule has 3 unspecified atom stereocenters. The van der Waals surface area contributed by atoms with Crippen LogP contribution in [0.1, 0.15) is 37.7 Å². The Bertz CT molecular complexity index is 577. The second-order valence-electron chi connectivity index (χ2n) is 6.50. The van der Waals surface area contributed by atoms with E-state index in [1.54, 1.807) is 6.07 Å². The highest BCUT2D eigenvalue weighted by molar-refractivity contribution is 6.35. The summed E-state index contributed by atoms with van der Waals surface area (Å²) in [5.74, 6) is 0.845. The van der Waals surface area contributed by atoms with Crippen LogP contribution in [0.15, 0.2) is 18.2 Å². The molecule has 22 heavy (non-hydrogen) atoms. The van der Waals surface area contributed by atoms with E-state index < -0.39 is 0 Å². The molecule has 0 aliphatic heterocycles. The first-order chi connectivity index (χ1) is 9.94. The van der Waals surface area contributed by atoms with E-state index in [-0.39, 0.29) is 35.7 Å². The van der Waals surface area contributed by atoms with Gasteiger partial charge in [-0.2, -0.15) is 0 Å². The lowest BCUT2D eigenvalue weighted by Crippen LogP contribution is -2.53. The van der Waals surface area contributed by atoms with Crippen molar-refractivity contribution in [3.05, 3.63) is 33.8 Å². The number of carbonyl (C=O) groups is 1. The standard InChI is InChI=1S/C16H20Cl2N2O.ClH/c1-16(8-19,9-2-3-9)20-15(21)13-7-12(13)11-5-4-10(17)6-14(11)18;/h4-6,9,12-13H,2-3,7-8,19H2,1H3,(H,20,21);1H. The Kier molecular flexibility index (Phi) is 5.33. The average Bonchev–Trinajstić information content (AvgIpc) is 3.29. The number of hydrogen-bond acceptors (Lipinski definition) is 2. The summed E-state index contributed by atoms with van der Waals surface area (Å²) in [6, 6.07) is 5.48. The molecule has 3 rings (SSSR count). The molecule has 0 bridgehead atoms. The zero-order valence-electron chi connectivity index (χ0n) is 12.4. The van der Waals surface area contributed by atoms with E-state index >= 15 is 0 Å². The fourth-order valence-electron chi connectivity index (χ4n) is 3.05. The molecule has 1 aromatic carbocycles. The van der Waals surface area contributed by atoms with Crippen molar-refractivity contribution >= 4 is 41.5 Å². The van der Waals surface area contributed by atoms with Gasteiger partial charge in [0.25, 0.3) is 0 Å². The second kappa shape index (κ2) is 6.56. The van der Waals surface area contributed by atoms with Gasteiger partial charge in [-0.15, -0.1) is 12.4 Å². The normalized spacial score (nSPS) is 25.8. The summed E-state index contributed by atoms with van der Waals surface area (Å²) in [5.41, 5.74) is 6.61. The van der Waals surface area contributed by atoms with Crippen LogP contribution in [0.3, 0.4) is 0 Å². The molecule has 6 heteroatoms. The molecule has 0 heterocycles. The van der Waals surface area contributed by atoms with Crippen LogP contribution in [0, 0.1) is 11.8 Å². The third kappa shape index (κ3) is 3.53. The van der Waals surface area contributed by atoms with Gasteiger partial charge >= 0.3 is 0 Å². The van der Waals surface area contributed by atoms with E-state index in [2.05, 4.69) is 12.2 Å². The Morgan fingerprint density at radius 3 is 2.64 bits per heavy atom. The van der Waals surface area contributed by atoms with Crippen molar-refractivity contribution in [2.45, 2.75) is 37.6 Å². The second-order valence-corrected chi connectivity index (χ2v) is 7.34. The topological polar surface area (TPSA) is 55.1 Å². The Hall–Kier alpha value is -0.480. The molecule has 2 aliphatic carbocycles. The minimum Gasteiger partial charge on any atom is -0.349 e. The predicted molar refractivity (Wildman–Crippen MR) is 92.9 cm³/mol. The van der Waals surface area contributed by atoms with Crippen LogP contribution in [0.5, 0.6) is 0 Å². The molecule has 2 fully saturated rings. The Morgan fingerprint density at radius 1 is 1.41 bits per heavy atom. The van der Waals surface area contributed by atoms with Crippen LogP contribution < -0.4 is 11.1 Å². The summed E-state index contributed by atoms with van der Waals surface area (Å²) in [4.78, 5) is 12.4.